The Morgan fingerprint density at radius 3 is 2.27 bits per heavy atom. The maximum atomic E-state index is 12.8. The monoisotopic (exact) mass is 351 g/mol. The van der Waals surface area contributed by atoms with E-state index in [4.69, 9.17) is 9.47 Å². The molecule has 4 rings (SSSR count). The average Bonchev–Trinajstić information content (AvgIpc) is 3.22. The summed E-state index contributed by atoms with van der Waals surface area (Å²) in [5.41, 5.74) is 1.21. The quantitative estimate of drug-likeness (QED) is 0.573. The smallest absolute Gasteiger partial charge is 0.356 e. The van der Waals surface area contributed by atoms with Crippen molar-refractivity contribution in [1.29, 1.82) is 0 Å². The van der Waals surface area contributed by atoms with Gasteiger partial charge in [0.05, 0.1) is 36.4 Å². The first kappa shape index (κ1) is 15.8. The van der Waals surface area contributed by atoms with Gasteiger partial charge in [0.1, 0.15) is 11.3 Å². The lowest BCUT2D eigenvalue weighted by atomic mass is 10.1. The molecule has 2 aromatic carbocycles. The standard InChI is InChI=1S/C18H13N3O5/c1-25-12-8-7-11(13-14(12)19-20-15(13)18(24)26-2)21-16(22)9-5-3-4-6-10(9)17(21)23/h3-8H,1-2H3,(H,19,20). The highest BCUT2D eigenvalue weighted by atomic mass is 16.5. The van der Waals surface area contributed by atoms with Gasteiger partial charge in [-0.05, 0) is 24.3 Å². The molecule has 1 aliphatic heterocycles. The number of H-pyrrole nitrogens is 1. The second-order valence-corrected chi connectivity index (χ2v) is 5.59. The number of fused-ring (bicyclic) bond motifs is 2. The van der Waals surface area contributed by atoms with Crippen LogP contribution in [0.1, 0.15) is 31.2 Å². The highest BCUT2D eigenvalue weighted by Crippen LogP contribution is 2.38. The molecule has 3 aromatic rings. The zero-order valence-corrected chi connectivity index (χ0v) is 13.9. The number of aromatic nitrogens is 2. The Balaban J connectivity index is 1.98. The Kier molecular flexibility index (Phi) is 3.47. The molecule has 2 amide bonds. The largest absolute Gasteiger partial charge is 0.494 e. The normalized spacial score (nSPS) is 13.2. The van der Waals surface area contributed by atoms with Crippen LogP contribution < -0.4 is 9.64 Å². The van der Waals surface area contributed by atoms with Crippen LogP contribution in [0.2, 0.25) is 0 Å². The van der Waals surface area contributed by atoms with Crippen molar-refractivity contribution < 1.29 is 23.9 Å². The lowest BCUT2D eigenvalue weighted by Crippen LogP contribution is -2.29. The van der Waals surface area contributed by atoms with Crippen molar-refractivity contribution in [2.24, 2.45) is 0 Å². The number of anilines is 1. The number of carbonyl (C=O) groups is 3. The van der Waals surface area contributed by atoms with Crippen LogP contribution in [-0.4, -0.2) is 42.2 Å². The molecule has 0 unspecified atom stereocenters. The van der Waals surface area contributed by atoms with Crippen LogP contribution in [0.3, 0.4) is 0 Å². The second-order valence-electron chi connectivity index (χ2n) is 5.59. The van der Waals surface area contributed by atoms with Gasteiger partial charge in [-0.2, -0.15) is 5.10 Å². The number of aromatic amines is 1. The predicted octanol–water partition coefficient (Wildman–Crippen LogP) is 2.16. The third kappa shape index (κ3) is 2.02. The second kappa shape index (κ2) is 5.69. The molecule has 0 radical (unpaired) electrons. The molecular formula is C18H13N3O5. The number of esters is 1. The molecule has 26 heavy (non-hydrogen) atoms. The van der Waals surface area contributed by atoms with Gasteiger partial charge in [0.2, 0.25) is 0 Å². The number of rotatable bonds is 3. The van der Waals surface area contributed by atoms with Crippen molar-refractivity contribution in [3.8, 4) is 5.75 Å². The van der Waals surface area contributed by atoms with Crippen LogP contribution >= 0.6 is 0 Å². The van der Waals surface area contributed by atoms with E-state index in [0.29, 0.717) is 22.4 Å². The summed E-state index contributed by atoms with van der Waals surface area (Å²) in [5.74, 6) is -1.20. The van der Waals surface area contributed by atoms with Gasteiger partial charge in [-0.25, -0.2) is 9.69 Å². The van der Waals surface area contributed by atoms with Crippen LogP contribution in [-0.2, 0) is 4.74 Å². The Labute approximate surface area is 147 Å². The number of nitrogens with one attached hydrogen (secondary N) is 1. The predicted molar refractivity (Wildman–Crippen MR) is 91.6 cm³/mol. The molecule has 0 fully saturated rings. The van der Waals surface area contributed by atoms with Gasteiger partial charge >= 0.3 is 5.97 Å². The molecule has 1 aliphatic rings. The molecule has 130 valence electrons. The first-order valence-corrected chi connectivity index (χ1v) is 7.69. The van der Waals surface area contributed by atoms with Crippen molar-refractivity contribution in [2.75, 3.05) is 19.1 Å². The fraction of sp³-hybridized carbons (Fsp3) is 0.111. The number of ether oxygens (including phenoxy) is 2. The average molecular weight is 351 g/mol. The number of hydrogen-bond donors (Lipinski definition) is 1. The molecule has 8 nitrogen and oxygen atoms in total. The van der Waals surface area contributed by atoms with Gasteiger partial charge in [-0.3, -0.25) is 14.7 Å². The van der Waals surface area contributed by atoms with Crippen molar-refractivity contribution >= 4 is 34.4 Å². The molecule has 0 saturated carbocycles. The molecule has 0 spiro atoms. The Morgan fingerprint density at radius 2 is 1.69 bits per heavy atom. The topological polar surface area (TPSA) is 102 Å². The van der Waals surface area contributed by atoms with Crippen molar-refractivity contribution in [3.63, 3.8) is 0 Å². The highest BCUT2D eigenvalue weighted by molar-refractivity contribution is 6.36. The van der Waals surface area contributed by atoms with E-state index in [1.54, 1.807) is 36.4 Å². The number of amides is 2. The number of imide groups is 1. The van der Waals surface area contributed by atoms with Crippen LogP contribution in [0.15, 0.2) is 36.4 Å². The number of carbonyl (C=O) groups excluding carboxylic acids is 3. The van der Waals surface area contributed by atoms with Crippen molar-refractivity contribution in [1.82, 2.24) is 10.2 Å². The summed E-state index contributed by atoms with van der Waals surface area (Å²) in [6.07, 6.45) is 0. The first-order valence-electron chi connectivity index (χ1n) is 7.69. The number of nitrogens with zero attached hydrogens (tertiary/aromatic N) is 2. The summed E-state index contributed by atoms with van der Waals surface area (Å²) in [5, 5.41) is 6.97. The molecule has 0 bridgehead atoms. The minimum absolute atomic E-state index is 0.0351. The van der Waals surface area contributed by atoms with Gasteiger partial charge in [-0.1, -0.05) is 12.1 Å². The number of benzene rings is 2. The van der Waals surface area contributed by atoms with Gasteiger partial charge in [-0.15, -0.1) is 0 Å². The molecule has 8 heteroatoms. The summed E-state index contributed by atoms with van der Waals surface area (Å²) in [6.45, 7) is 0. The fourth-order valence-corrected chi connectivity index (χ4v) is 3.10. The third-order valence-electron chi connectivity index (χ3n) is 4.29. The van der Waals surface area contributed by atoms with Crippen LogP contribution in [0.25, 0.3) is 10.9 Å². The molecule has 1 N–H and O–H groups in total. The number of hydrogen-bond acceptors (Lipinski definition) is 6. The minimum Gasteiger partial charge on any atom is -0.494 e. The van der Waals surface area contributed by atoms with Gasteiger partial charge < -0.3 is 9.47 Å². The highest BCUT2D eigenvalue weighted by Gasteiger charge is 2.38. The van der Waals surface area contributed by atoms with E-state index in [1.165, 1.54) is 14.2 Å². The van der Waals surface area contributed by atoms with E-state index >= 15 is 0 Å². The maximum Gasteiger partial charge on any atom is 0.356 e. The summed E-state index contributed by atoms with van der Waals surface area (Å²) in [4.78, 5) is 38.8. The summed E-state index contributed by atoms with van der Waals surface area (Å²) in [6, 6.07) is 9.69. The van der Waals surface area contributed by atoms with Gasteiger partial charge in [0.25, 0.3) is 11.8 Å². The molecular weight excluding hydrogens is 338 g/mol. The first-order chi connectivity index (χ1) is 12.6. The van der Waals surface area contributed by atoms with E-state index < -0.39 is 17.8 Å². The van der Waals surface area contributed by atoms with Crippen molar-refractivity contribution in [2.45, 2.75) is 0 Å². The zero-order chi connectivity index (χ0) is 18.4. The zero-order valence-electron chi connectivity index (χ0n) is 13.9. The van der Waals surface area contributed by atoms with Crippen LogP contribution in [0.4, 0.5) is 5.69 Å². The molecule has 0 atom stereocenters. The van der Waals surface area contributed by atoms with Gasteiger partial charge in [0, 0.05) is 0 Å². The van der Waals surface area contributed by atoms with Crippen LogP contribution in [0.5, 0.6) is 5.75 Å². The SMILES string of the molecule is COC(=O)c1[nH]nc2c(OC)ccc(N3C(=O)c4ccccc4C3=O)c12. The summed E-state index contributed by atoms with van der Waals surface area (Å²) >= 11 is 0. The maximum absolute atomic E-state index is 12.8. The molecule has 2 heterocycles. The van der Waals surface area contributed by atoms with E-state index in [2.05, 4.69) is 10.2 Å². The minimum atomic E-state index is -0.668. The Hall–Kier alpha value is -3.68. The Bertz CT molecular complexity index is 1050. The lowest BCUT2D eigenvalue weighted by Gasteiger charge is -2.16. The van der Waals surface area contributed by atoms with E-state index in [-0.39, 0.29) is 16.8 Å². The molecule has 0 saturated heterocycles. The molecule has 1 aromatic heterocycles. The lowest BCUT2D eigenvalue weighted by molar-refractivity contribution is 0.0595. The van der Waals surface area contributed by atoms with Gasteiger partial charge in [0.15, 0.2) is 5.69 Å². The summed E-state index contributed by atoms with van der Waals surface area (Å²) < 4.78 is 10.0. The molecule has 0 aliphatic carbocycles. The van der Waals surface area contributed by atoms with E-state index in [1.807, 2.05) is 0 Å². The number of methoxy groups -OCH3 is 2. The van der Waals surface area contributed by atoms with E-state index in [9.17, 15) is 14.4 Å². The summed E-state index contributed by atoms with van der Waals surface area (Å²) in [7, 11) is 2.69. The van der Waals surface area contributed by atoms with Crippen LogP contribution in [0, 0.1) is 0 Å². The van der Waals surface area contributed by atoms with Crippen molar-refractivity contribution in [3.05, 3.63) is 53.2 Å². The van der Waals surface area contributed by atoms with E-state index in [0.717, 1.165) is 4.90 Å². The third-order valence-corrected chi connectivity index (χ3v) is 4.29. The Morgan fingerprint density at radius 1 is 1.04 bits per heavy atom. The fourth-order valence-electron chi connectivity index (χ4n) is 3.10.